The number of benzene rings is 1. The molecule has 0 aliphatic carbocycles. The second-order valence-corrected chi connectivity index (χ2v) is 6.47. The molecule has 0 aliphatic rings. The summed E-state index contributed by atoms with van der Waals surface area (Å²) in [6.45, 7) is 3.65. The van der Waals surface area contributed by atoms with Gasteiger partial charge in [0.15, 0.2) is 0 Å². The Morgan fingerprint density at radius 2 is 1.79 bits per heavy atom. The van der Waals surface area contributed by atoms with Gasteiger partial charge in [0.2, 0.25) is 5.91 Å². The topological polar surface area (TPSA) is 71.1 Å². The molecule has 2 amide bonds. The third-order valence-corrected chi connectivity index (χ3v) is 3.79. The van der Waals surface area contributed by atoms with Crippen LogP contribution in [0.3, 0.4) is 0 Å². The number of hydrogen-bond donors (Lipinski definition) is 2. The van der Waals surface area contributed by atoms with Crippen LogP contribution in [0.1, 0.15) is 24.2 Å². The lowest BCUT2D eigenvalue weighted by atomic mass is 10.0. The number of pyridine rings is 1. The number of carbonyl (C=O) groups is 2. The van der Waals surface area contributed by atoms with Crippen molar-refractivity contribution >= 4 is 33.6 Å². The normalized spacial score (nSPS) is 11.9. The van der Waals surface area contributed by atoms with Crippen LogP contribution in [0.25, 0.3) is 0 Å². The van der Waals surface area contributed by atoms with E-state index in [2.05, 4.69) is 31.5 Å². The molecule has 0 saturated heterocycles. The summed E-state index contributed by atoms with van der Waals surface area (Å²) >= 11 is 3.27. The molecule has 1 heterocycles. The lowest BCUT2D eigenvalue weighted by molar-refractivity contribution is -0.118. The summed E-state index contributed by atoms with van der Waals surface area (Å²) in [4.78, 5) is 28.7. The van der Waals surface area contributed by atoms with Crippen LogP contribution in [-0.2, 0) is 4.79 Å². The molecule has 0 radical (unpaired) electrons. The molecule has 2 aromatic rings. The molecule has 2 rings (SSSR count). The standard InChI is InChI=1S/C17H17BrFN3O2/c1-10(2)15(17(24)21-14-8-5-12(18)9-20-14)22-16(23)11-3-6-13(19)7-4-11/h3-10,15H,1-2H3,(H,22,23)(H,20,21,24). The van der Waals surface area contributed by atoms with Gasteiger partial charge >= 0.3 is 0 Å². The molecule has 7 heteroatoms. The summed E-state index contributed by atoms with van der Waals surface area (Å²) in [7, 11) is 0. The summed E-state index contributed by atoms with van der Waals surface area (Å²) in [5.41, 5.74) is 0.289. The van der Waals surface area contributed by atoms with Crippen molar-refractivity contribution in [3.05, 3.63) is 58.4 Å². The quantitative estimate of drug-likeness (QED) is 0.817. The molecule has 0 aliphatic heterocycles. The number of nitrogens with zero attached hydrogens (tertiary/aromatic N) is 1. The van der Waals surface area contributed by atoms with Gasteiger partial charge in [0, 0.05) is 16.2 Å². The van der Waals surface area contributed by atoms with Gasteiger partial charge in [-0.05, 0) is 58.2 Å². The Morgan fingerprint density at radius 3 is 2.33 bits per heavy atom. The number of nitrogens with one attached hydrogen (secondary N) is 2. The van der Waals surface area contributed by atoms with Crippen molar-refractivity contribution in [1.29, 1.82) is 0 Å². The van der Waals surface area contributed by atoms with E-state index in [1.54, 1.807) is 18.3 Å². The second kappa shape index (κ2) is 8.01. The molecule has 0 fully saturated rings. The molecule has 0 spiro atoms. The highest BCUT2D eigenvalue weighted by atomic mass is 79.9. The minimum Gasteiger partial charge on any atom is -0.340 e. The first-order chi connectivity index (χ1) is 11.4. The molecule has 1 atom stereocenters. The third-order valence-electron chi connectivity index (χ3n) is 3.32. The highest BCUT2D eigenvalue weighted by Gasteiger charge is 2.25. The predicted molar refractivity (Wildman–Crippen MR) is 93.1 cm³/mol. The molecule has 126 valence electrons. The predicted octanol–water partition coefficient (Wildman–Crippen LogP) is 3.38. The first kappa shape index (κ1) is 18.1. The van der Waals surface area contributed by atoms with Crippen LogP contribution in [0, 0.1) is 11.7 Å². The molecule has 0 saturated carbocycles. The summed E-state index contributed by atoms with van der Waals surface area (Å²) in [6, 6.07) is 7.81. The van der Waals surface area contributed by atoms with Gasteiger partial charge in [-0.15, -0.1) is 0 Å². The first-order valence-electron chi connectivity index (χ1n) is 7.35. The number of amides is 2. The first-order valence-corrected chi connectivity index (χ1v) is 8.15. The molecule has 2 N–H and O–H groups in total. The Bertz CT molecular complexity index is 718. The van der Waals surface area contributed by atoms with Gasteiger partial charge < -0.3 is 10.6 Å². The van der Waals surface area contributed by atoms with E-state index < -0.39 is 17.8 Å². The highest BCUT2D eigenvalue weighted by molar-refractivity contribution is 9.10. The number of rotatable bonds is 5. The highest BCUT2D eigenvalue weighted by Crippen LogP contribution is 2.12. The fraction of sp³-hybridized carbons (Fsp3) is 0.235. The van der Waals surface area contributed by atoms with Crippen molar-refractivity contribution in [1.82, 2.24) is 10.3 Å². The smallest absolute Gasteiger partial charge is 0.251 e. The fourth-order valence-electron chi connectivity index (χ4n) is 2.01. The zero-order chi connectivity index (χ0) is 17.7. The number of hydrogen-bond acceptors (Lipinski definition) is 3. The van der Waals surface area contributed by atoms with E-state index in [1.165, 1.54) is 24.3 Å². The van der Waals surface area contributed by atoms with Crippen molar-refractivity contribution in [2.75, 3.05) is 5.32 Å². The molecule has 5 nitrogen and oxygen atoms in total. The van der Waals surface area contributed by atoms with Gasteiger partial charge in [-0.2, -0.15) is 0 Å². The number of carbonyl (C=O) groups excluding carboxylic acids is 2. The summed E-state index contributed by atoms with van der Waals surface area (Å²) in [5.74, 6) is -0.969. The van der Waals surface area contributed by atoms with E-state index >= 15 is 0 Å². The lowest BCUT2D eigenvalue weighted by Gasteiger charge is -2.21. The molecule has 1 aromatic carbocycles. The van der Waals surface area contributed by atoms with Crippen molar-refractivity contribution in [2.45, 2.75) is 19.9 Å². The van der Waals surface area contributed by atoms with E-state index in [4.69, 9.17) is 0 Å². The van der Waals surface area contributed by atoms with Crippen LogP contribution in [0.2, 0.25) is 0 Å². The van der Waals surface area contributed by atoms with Crippen LogP contribution in [0.4, 0.5) is 10.2 Å². The number of anilines is 1. The Balaban J connectivity index is 2.07. The largest absolute Gasteiger partial charge is 0.340 e. The minimum absolute atomic E-state index is 0.134. The van der Waals surface area contributed by atoms with Gasteiger partial charge in [-0.25, -0.2) is 9.37 Å². The van der Waals surface area contributed by atoms with E-state index in [0.717, 1.165) is 4.47 Å². The van der Waals surface area contributed by atoms with Crippen LogP contribution in [0.5, 0.6) is 0 Å². The Hall–Kier alpha value is -2.28. The van der Waals surface area contributed by atoms with Crippen LogP contribution < -0.4 is 10.6 Å². The fourth-order valence-corrected chi connectivity index (χ4v) is 2.25. The van der Waals surface area contributed by atoms with E-state index in [9.17, 15) is 14.0 Å². The molecule has 24 heavy (non-hydrogen) atoms. The summed E-state index contributed by atoms with van der Waals surface area (Å²) in [5, 5.41) is 5.34. The monoisotopic (exact) mass is 393 g/mol. The van der Waals surface area contributed by atoms with Gasteiger partial charge in [0.1, 0.15) is 17.7 Å². The van der Waals surface area contributed by atoms with Crippen molar-refractivity contribution in [3.63, 3.8) is 0 Å². The van der Waals surface area contributed by atoms with Crippen LogP contribution in [-0.4, -0.2) is 22.8 Å². The van der Waals surface area contributed by atoms with Crippen molar-refractivity contribution in [2.24, 2.45) is 5.92 Å². The number of halogens is 2. The van der Waals surface area contributed by atoms with Gasteiger partial charge in [0.25, 0.3) is 5.91 Å². The van der Waals surface area contributed by atoms with Gasteiger partial charge in [0.05, 0.1) is 0 Å². The summed E-state index contributed by atoms with van der Waals surface area (Å²) in [6.07, 6.45) is 1.57. The summed E-state index contributed by atoms with van der Waals surface area (Å²) < 4.78 is 13.7. The van der Waals surface area contributed by atoms with Crippen LogP contribution >= 0.6 is 15.9 Å². The van der Waals surface area contributed by atoms with Gasteiger partial charge in [-0.1, -0.05) is 13.8 Å². The van der Waals surface area contributed by atoms with Crippen LogP contribution in [0.15, 0.2) is 47.1 Å². The minimum atomic E-state index is -0.743. The Kier molecular flexibility index (Phi) is 6.03. The number of aromatic nitrogens is 1. The van der Waals surface area contributed by atoms with E-state index in [-0.39, 0.29) is 17.4 Å². The molecule has 0 bridgehead atoms. The molecule has 1 aromatic heterocycles. The zero-order valence-electron chi connectivity index (χ0n) is 13.2. The van der Waals surface area contributed by atoms with Crippen molar-refractivity contribution in [3.8, 4) is 0 Å². The maximum atomic E-state index is 12.9. The average Bonchev–Trinajstić information content (AvgIpc) is 2.54. The maximum Gasteiger partial charge on any atom is 0.251 e. The molecular weight excluding hydrogens is 377 g/mol. The lowest BCUT2D eigenvalue weighted by Crippen LogP contribution is -2.47. The van der Waals surface area contributed by atoms with E-state index in [1.807, 2.05) is 13.8 Å². The SMILES string of the molecule is CC(C)C(NC(=O)c1ccc(F)cc1)C(=O)Nc1ccc(Br)cn1. The Labute approximate surface area is 147 Å². The zero-order valence-corrected chi connectivity index (χ0v) is 14.8. The second-order valence-electron chi connectivity index (χ2n) is 5.55. The van der Waals surface area contributed by atoms with Crippen molar-refractivity contribution < 1.29 is 14.0 Å². The van der Waals surface area contributed by atoms with E-state index in [0.29, 0.717) is 5.82 Å². The maximum absolute atomic E-state index is 12.9. The van der Waals surface area contributed by atoms with Gasteiger partial charge in [-0.3, -0.25) is 9.59 Å². The molecular formula is C17H17BrFN3O2. The molecule has 1 unspecified atom stereocenters. The third kappa shape index (κ3) is 4.86. The Morgan fingerprint density at radius 1 is 1.12 bits per heavy atom. The average molecular weight is 394 g/mol.